The molecule has 182 valence electrons. The lowest BCUT2D eigenvalue weighted by Crippen LogP contribution is -2.19. The monoisotopic (exact) mass is 462 g/mol. The molecule has 1 aliphatic rings. The zero-order valence-corrected chi connectivity index (χ0v) is 21.2. The van der Waals surface area contributed by atoms with Crippen molar-refractivity contribution in [1.29, 1.82) is 0 Å². The van der Waals surface area contributed by atoms with E-state index in [2.05, 4.69) is 62.9 Å². The number of rotatable bonds is 10. The van der Waals surface area contributed by atoms with Gasteiger partial charge in [-0.15, -0.1) is 0 Å². The fourth-order valence-electron chi connectivity index (χ4n) is 4.83. The lowest BCUT2D eigenvalue weighted by Gasteiger charge is -2.29. The third kappa shape index (κ3) is 6.11. The van der Waals surface area contributed by atoms with Crippen LogP contribution in [-0.2, 0) is 20.7 Å². The number of carbonyl (C=O) groups excluding carboxylic acids is 1. The fourth-order valence-corrected chi connectivity index (χ4v) is 4.83. The molecule has 0 fully saturated rings. The van der Waals surface area contributed by atoms with E-state index in [9.17, 15) is 4.79 Å². The van der Waals surface area contributed by atoms with Gasteiger partial charge in [0.25, 0.3) is 0 Å². The SMILES string of the molecule is C=C(/C=C(\C)OC)c1ccc(C2CCc3ccc(C(CC(=O)OC)C(CC)CC)cc3O2)cc1. The number of esters is 1. The highest BCUT2D eigenvalue weighted by Gasteiger charge is 2.27. The molecule has 1 aliphatic heterocycles. The second-order valence-electron chi connectivity index (χ2n) is 9.08. The van der Waals surface area contributed by atoms with E-state index in [4.69, 9.17) is 14.2 Å². The van der Waals surface area contributed by atoms with Crippen LogP contribution in [0.2, 0.25) is 0 Å². The number of hydrogen-bond donors (Lipinski definition) is 0. The van der Waals surface area contributed by atoms with Crippen molar-refractivity contribution in [3.05, 3.63) is 83.1 Å². The van der Waals surface area contributed by atoms with Crippen molar-refractivity contribution in [3.8, 4) is 5.75 Å². The fraction of sp³-hybridized carbons (Fsp3) is 0.433. The van der Waals surface area contributed by atoms with Crippen molar-refractivity contribution < 1.29 is 19.0 Å². The average Bonchev–Trinajstić information content (AvgIpc) is 2.87. The predicted molar refractivity (Wildman–Crippen MR) is 138 cm³/mol. The number of ether oxygens (including phenoxy) is 3. The summed E-state index contributed by atoms with van der Waals surface area (Å²) in [5.41, 5.74) is 5.53. The normalized spacial score (nSPS) is 16.4. The summed E-state index contributed by atoms with van der Waals surface area (Å²) in [5.74, 6) is 2.15. The summed E-state index contributed by atoms with van der Waals surface area (Å²) < 4.78 is 16.7. The maximum atomic E-state index is 12.1. The molecule has 3 rings (SSSR count). The Morgan fingerprint density at radius 1 is 1.12 bits per heavy atom. The molecule has 1 heterocycles. The van der Waals surface area contributed by atoms with E-state index in [1.54, 1.807) is 7.11 Å². The summed E-state index contributed by atoms with van der Waals surface area (Å²) in [4.78, 5) is 12.1. The Labute approximate surface area is 204 Å². The third-order valence-electron chi connectivity index (χ3n) is 7.05. The van der Waals surface area contributed by atoms with Gasteiger partial charge in [-0.05, 0) is 71.6 Å². The average molecular weight is 463 g/mol. The molecule has 0 spiro atoms. The van der Waals surface area contributed by atoms with E-state index in [0.717, 1.165) is 59.5 Å². The molecular formula is C30H38O4. The molecule has 0 bridgehead atoms. The molecule has 4 nitrogen and oxygen atoms in total. The number of carbonyl (C=O) groups is 1. The molecule has 34 heavy (non-hydrogen) atoms. The Morgan fingerprint density at radius 3 is 2.44 bits per heavy atom. The second-order valence-corrected chi connectivity index (χ2v) is 9.08. The molecule has 2 unspecified atom stereocenters. The lowest BCUT2D eigenvalue weighted by molar-refractivity contribution is -0.141. The van der Waals surface area contributed by atoms with Gasteiger partial charge < -0.3 is 14.2 Å². The quantitative estimate of drug-likeness (QED) is 0.210. The minimum Gasteiger partial charge on any atom is -0.501 e. The number of methoxy groups -OCH3 is 2. The highest BCUT2D eigenvalue weighted by Crippen LogP contribution is 2.40. The van der Waals surface area contributed by atoms with Gasteiger partial charge in [0.2, 0.25) is 0 Å². The van der Waals surface area contributed by atoms with Gasteiger partial charge >= 0.3 is 5.97 Å². The van der Waals surface area contributed by atoms with Crippen LogP contribution in [0.4, 0.5) is 0 Å². The minimum atomic E-state index is -0.161. The highest BCUT2D eigenvalue weighted by molar-refractivity contribution is 5.72. The Morgan fingerprint density at radius 2 is 1.82 bits per heavy atom. The summed E-state index contributed by atoms with van der Waals surface area (Å²) in [5, 5.41) is 0. The standard InChI is InChI=1S/C30H38O4/c1-7-22(8-2)27(19-30(31)33-6)26-14-13-25-15-16-28(34-29(25)18-26)24-11-9-23(10-12-24)20(3)17-21(4)32-5/h9-14,17-18,22,27-28H,3,7-8,15-16,19H2,1-2,4-6H3/b21-17+. The third-order valence-corrected chi connectivity index (χ3v) is 7.05. The zero-order valence-electron chi connectivity index (χ0n) is 21.2. The molecule has 0 N–H and O–H groups in total. The van der Waals surface area contributed by atoms with Crippen molar-refractivity contribution in [1.82, 2.24) is 0 Å². The summed E-state index contributed by atoms with van der Waals surface area (Å²) in [6, 6.07) is 14.9. The van der Waals surface area contributed by atoms with Crippen LogP contribution in [0.1, 0.15) is 80.7 Å². The minimum absolute atomic E-state index is 0.00789. The summed E-state index contributed by atoms with van der Waals surface area (Å²) in [7, 11) is 3.12. The van der Waals surface area contributed by atoms with E-state index < -0.39 is 0 Å². The van der Waals surface area contributed by atoms with Crippen molar-refractivity contribution in [2.45, 2.75) is 64.9 Å². The summed E-state index contributed by atoms with van der Waals surface area (Å²) in [6.07, 6.45) is 6.30. The maximum Gasteiger partial charge on any atom is 0.306 e. The molecule has 2 aromatic carbocycles. The van der Waals surface area contributed by atoms with E-state index in [-0.39, 0.29) is 18.0 Å². The van der Waals surface area contributed by atoms with Crippen LogP contribution in [0.5, 0.6) is 5.75 Å². The first-order valence-electron chi connectivity index (χ1n) is 12.3. The number of allylic oxidation sites excluding steroid dienone is 3. The van der Waals surface area contributed by atoms with Crippen LogP contribution < -0.4 is 4.74 Å². The molecular weight excluding hydrogens is 424 g/mol. The molecule has 0 saturated carbocycles. The van der Waals surface area contributed by atoms with Gasteiger partial charge in [0, 0.05) is 0 Å². The molecule has 0 aromatic heterocycles. The van der Waals surface area contributed by atoms with Crippen LogP contribution in [0.25, 0.3) is 5.57 Å². The van der Waals surface area contributed by atoms with E-state index in [0.29, 0.717) is 12.3 Å². The van der Waals surface area contributed by atoms with Gasteiger partial charge in [0.15, 0.2) is 0 Å². The topological polar surface area (TPSA) is 44.8 Å². The molecule has 0 amide bonds. The van der Waals surface area contributed by atoms with Crippen molar-refractivity contribution in [2.24, 2.45) is 5.92 Å². The maximum absolute atomic E-state index is 12.1. The van der Waals surface area contributed by atoms with Crippen LogP contribution in [0.3, 0.4) is 0 Å². The van der Waals surface area contributed by atoms with E-state index in [1.807, 2.05) is 13.0 Å². The van der Waals surface area contributed by atoms with Crippen LogP contribution >= 0.6 is 0 Å². The number of fused-ring (bicyclic) bond motifs is 1. The molecule has 4 heteroatoms. The largest absolute Gasteiger partial charge is 0.501 e. The van der Waals surface area contributed by atoms with Gasteiger partial charge in [0.1, 0.15) is 11.9 Å². The summed E-state index contributed by atoms with van der Waals surface area (Å²) in [6.45, 7) is 10.4. The van der Waals surface area contributed by atoms with E-state index in [1.165, 1.54) is 12.7 Å². The van der Waals surface area contributed by atoms with E-state index >= 15 is 0 Å². The smallest absolute Gasteiger partial charge is 0.306 e. The first kappa shape index (κ1) is 25.6. The van der Waals surface area contributed by atoms with Gasteiger partial charge in [-0.3, -0.25) is 4.79 Å². The van der Waals surface area contributed by atoms with Gasteiger partial charge in [0.05, 0.1) is 26.4 Å². The summed E-state index contributed by atoms with van der Waals surface area (Å²) >= 11 is 0. The number of hydrogen-bond acceptors (Lipinski definition) is 4. The number of benzene rings is 2. The van der Waals surface area contributed by atoms with Crippen LogP contribution in [0.15, 0.2) is 60.9 Å². The Kier molecular flexibility index (Phi) is 8.98. The molecule has 2 atom stereocenters. The Hall–Kier alpha value is -3.01. The van der Waals surface area contributed by atoms with Crippen molar-refractivity contribution >= 4 is 11.5 Å². The highest BCUT2D eigenvalue weighted by atomic mass is 16.5. The molecule has 0 aliphatic carbocycles. The molecule has 2 aromatic rings. The first-order valence-corrected chi connectivity index (χ1v) is 12.3. The molecule has 0 saturated heterocycles. The van der Waals surface area contributed by atoms with Gasteiger partial charge in [-0.25, -0.2) is 0 Å². The Balaban J connectivity index is 1.81. The number of aryl methyl sites for hydroxylation is 1. The van der Waals surface area contributed by atoms with Crippen LogP contribution in [-0.4, -0.2) is 20.2 Å². The van der Waals surface area contributed by atoms with Gasteiger partial charge in [-0.2, -0.15) is 0 Å². The van der Waals surface area contributed by atoms with Crippen LogP contribution in [0, 0.1) is 5.92 Å². The Bertz CT molecular complexity index is 1010. The zero-order chi connectivity index (χ0) is 24.7. The molecule has 0 radical (unpaired) electrons. The second kappa shape index (κ2) is 11.9. The lowest BCUT2D eigenvalue weighted by atomic mass is 9.80. The van der Waals surface area contributed by atoms with Crippen molar-refractivity contribution in [2.75, 3.05) is 14.2 Å². The van der Waals surface area contributed by atoms with Gasteiger partial charge in [-0.1, -0.05) is 69.7 Å². The van der Waals surface area contributed by atoms with Crippen molar-refractivity contribution in [3.63, 3.8) is 0 Å². The first-order chi connectivity index (χ1) is 16.4. The predicted octanol–water partition coefficient (Wildman–Crippen LogP) is 7.40.